The Kier molecular flexibility index (Phi) is 2.96. The molecular weight excluding hydrogens is 232 g/mol. The third-order valence-corrected chi connectivity index (χ3v) is 3.03. The van der Waals surface area contributed by atoms with Gasteiger partial charge in [-0.15, -0.1) is 0 Å². The summed E-state index contributed by atoms with van der Waals surface area (Å²) in [7, 11) is 0. The zero-order valence-corrected chi connectivity index (χ0v) is 11.3. The van der Waals surface area contributed by atoms with Crippen molar-refractivity contribution in [2.24, 2.45) is 0 Å². The van der Waals surface area contributed by atoms with Gasteiger partial charge in [0, 0.05) is 24.2 Å². The average molecular weight is 252 g/mol. The zero-order valence-electron chi connectivity index (χ0n) is 11.3. The van der Waals surface area contributed by atoms with E-state index < -0.39 is 5.60 Å². The summed E-state index contributed by atoms with van der Waals surface area (Å²) in [5, 5.41) is 6.90. The number of aromatic amines is 1. The summed E-state index contributed by atoms with van der Waals surface area (Å²) in [5.41, 5.74) is 7.26. The Morgan fingerprint density at radius 1 is 1.56 bits per heavy atom. The number of nitrogens with one attached hydrogen (secondary N) is 1. The molecule has 3 N–H and O–H groups in total. The van der Waals surface area contributed by atoms with Crippen LogP contribution in [-0.4, -0.2) is 33.3 Å². The van der Waals surface area contributed by atoms with Crippen LogP contribution in [0.2, 0.25) is 0 Å². The Morgan fingerprint density at radius 2 is 2.22 bits per heavy atom. The quantitative estimate of drug-likeness (QED) is 0.738. The second-order valence-corrected chi connectivity index (χ2v) is 5.60. The Labute approximate surface area is 106 Å². The number of ether oxygens (including phenoxy) is 1. The van der Waals surface area contributed by atoms with Crippen LogP contribution in [0.25, 0.3) is 0 Å². The van der Waals surface area contributed by atoms with Crippen molar-refractivity contribution in [3.8, 4) is 0 Å². The highest BCUT2D eigenvalue weighted by Gasteiger charge is 2.33. The molecule has 100 valence electrons. The van der Waals surface area contributed by atoms with E-state index in [0.717, 1.165) is 17.7 Å². The molecule has 1 amide bonds. The lowest BCUT2D eigenvalue weighted by atomic mass is 10.0. The third-order valence-electron chi connectivity index (χ3n) is 3.03. The third kappa shape index (κ3) is 2.27. The van der Waals surface area contributed by atoms with Crippen molar-refractivity contribution >= 4 is 11.9 Å². The minimum Gasteiger partial charge on any atom is -0.444 e. The van der Waals surface area contributed by atoms with E-state index in [-0.39, 0.29) is 12.1 Å². The molecule has 1 atom stereocenters. The van der Waals surface area contributed by atoms with Gasteiger partial charge in [-0.3, -0.25) is 5.10 Å². The standard InChI is InChI=1S/C12H20N4O2/c1-7-9-8(14-15-10(9)13)5-6-16(7)11(17)18-12(2,3)4/h7H,5-6H2,1-4H3,(H3,13,14,15)/t7-/m0/s1. The molecule has 18 heavy (non-hydrogen) atoms. The van der Waals surface area contributed by atoms with E-state index in [1.54, 1.807) is 4.90 Å². The maximum Gasteiger partial charge on any atom is 0.410 e. The van der Waals surface area contributed by atoms with Gasteiger partial charge in [0.1, 0.15) is 5.60 Å². The summed E-state index contributed by atoms with van der Waals surface area (Å²) in [6.07, 6.45) is 0.421. The van der Waals surface area contributed by atoms with Gasteiger partial charge in [-0.1, -0.05) is 0 Å². The van der Waals surface area contributed by atoms with Crippen LogP contribution < -0.4 is 5.73 Å². The van der Waals surface area contributed by atoms with Crippen LogP contribution in [0, 0.1) is 0 Å². The predicted octanol–water partition coefficient (Wildman–Crippen LogP) is 1.85. The fraction of sp³-hybridized carbons (Fsp3) is 0.667. The number of rotatable bonds is 0. The van der Waals surface area contributed by atoms with Crippen molar-refractivity contribution in [1.82, 2.24) is 15.1 Å². The minimum absolute atomic E-state index is 0.109. The van der Waals surface area contributed by atoms with Crippen LogP contribution >= 0.6 is 0 Å². The predicted molar refractivity (Wildman–Crippen MR) is 68.1 cm³/mol. The number of anilines is 1. The summed E-state index contributed by atoms with van der Waals surface area (Å²) in [6.45, 7) is 8.13. The van der Waals surface area contributed by atoms with Gasteiger partial charge in [-0.2, -0.15) is 5.10 Å². The smallest absolute Gasteiger partial charge is 0.410 e. The first-order chi connectivity index (χ1) is 8.29. The minimum atomic E-state index is -0.487. The number of amides is 1. The maximum atomic E-state index is 12.1. The number of carbonyl (C=O) groups is 1. The molecule has 0 fully saturated rings. The van der Waals surface area contributed by atoms with E-state index in [4.69, 9.17) is 10.5 Å². The number of carbonyl (C=O) groups excluding carboxylic acids is 1. The van der Waals surface area contributed by atoms with Gasteiger partial charge < -0.3 is 15.4 Å². The van der Waals surface area contributed by atoms with Crippen LogP contribution in [0.5, 0.6) is 0 Å². The van der Waals surface area contributed by atoms with Crippen LogP contribution in [0.15, 0.2) is 0 Å². The highest BCUT2D eigenvalue weighted by Crippen LogP contribution is 2.32. The number of hydrogen-bond donors (Lipinski definition) is 2. The van der Waals surface area contributed by atoms with E-state index in [1.807, 2.05) is 27.7 Å². The van der Waals surface area contributed by atoms with Crippen molar-refractivity contribution in [1.29, 1.82) is 0 Å². The van der Waals surface area contributed by atoms with E-state index in [9.17, 15) is 4.79 Å². The molecule has 0 radical (unpaired) electrons. The second kappa shape index (κ2) is 4.19. The van der Waals surface area contributed by atoms with Crippen LogP contribution in [0.3, 0.4) is 0 Å². The van der Waals surface area contributed by atoms with E-state index in [0.29, 0.717) is 12.4 Å². The summed E-state index contributed by atoms with van der Waals surface area (Å²) in [5.74, 6) is 0.464. The number of H-pyrrole nitrogens is 1. The molecule has 0 saturated carbocycles. The van der Waals surface area contributed by atoms with Crippen LogP contribution in [0.4, 0.5) is 10.6 Å². The summed E-state index contributed by atoms with van der Waals surface area (Å²) >= 11 is 0. The molecular formula is C12H20N4O2. The Balaban J connectivity index is 2.19. The van der Waals surface area contributed by atoms with Gasteiger partial charge in [0.05, 0.1) is 6.04 Å². The van der Waals surface area contributed by atoms with Crippen molar-refractivity contribution in [3.05, 3.63) is 11.3 Å². The summed E-state index contributed by atoms with van der Waals surface area (Å²) < 4.78 is 5.39. The molecule has 0 aromatic carbocycles. The van der Waals surface area contributed by atoms with Gasteiger partial charge in [0.15, 0.2) is 5.82 Å². The molecule has 1 aromatic heterocycles. The van der Waals surface area contributed by atoms with E-state index >= 15 is 0 Å². The molecule has 2 rings (SSSR count). The van der Waals surface area contributed by atoms with Crippen molar-refractivity contribution in [2.45, 2.75) is 45.8 Å². The first kappa shape index (κ1) is 12.7. The van der Waals surface area contributed by atoms with Crippen molar-refractivity contribution < 1.29 is 9.53 Å². The molecule has 2 heterocycles. The van der Waals surface area contributed by atoms with Gasteiger partial charge >= 0.3 is 6.09 Å². The average Bonchev–Trinajstić information content (AvgIpc) is 2.58. The first-order valence-electron chi connectivity index (χ1n) is 6.12. The van der Waals surface area contributed by atoms with E-state index in [2.05, 4.69) is 10.2 Å². The molecule has 6 nitrogen and oxygen atoms in total. The highest BCUT2D eigenvalue weighted by atomic mass is 16.6. The molecule has 0 unspecified atom stereocenters. The molecule has 0 saturated heterocycles. The lowest BCUT2D eigenvalue weighted by molar-refractivity contribution is 0.0160. The molecule has 0 bridgehead atoms. The molecule has 0 spiro atoms. The molecule has 1 aromatic rings. The number of nitrogen functional groups attached to an aromatic ring is 1. The summed E-state index contributed by atoms with van der Waals surface area (Å²) in [4.78, 5) is 13.8. The molecule has 1 aliphatic heterocycles. The fourth-order valence-electron chi connectivity index (χ4n) is 2.21. The van der Waals surface area contributed by atoms with Gasteiger partial charge in [-0.05, 0) is 27.7 Å². The number of hydrogen-bond acceptors (Lipinski definition) is 4. The van der Waals surface area contributed by atoms with Crippen LogP contribution in [0.1, 0.15) is 45.0 Å². The lowest BCUT2D eigenvalue weighted by Crippen LogP contribution is -2.42. The lowest BCUT2D eigenvalue weighted by Gasteiger charge is -2.34. The van der Waals surface area contributed by atoms with Gasteiger partial charge in [0.2, 0.25) is 0 Å². The van der Waals surface area contributed by atoms with E-state index in [1.165, 1.54) is 0 Å². The molecule has 6 heteroatoms. The SMILES string of the molecule is C[C@H]1c2c(N)n[nH]c2CCN1C(=O)OC(C)(C)C. The highest BCUT2D eigenvalue weighted by molar-refractivity contribution is 5.70. The normalized spacial score (nSPS) is 19.6. The van der Waals surface area contributed by atoms with Crippen molar-refractivity contribution in [3.63, 3.8) is 0 Å². The first-order valence-corrected chi connectivity index (χ1v) is 6.12. The number of nitrogens with zero attached hydrogens (tertiary/aromatic N) is 2. The largest absolute Gasteiger partial charge is 0.444 e. The fourth-order valence-corrected chi connectivity index (χ4v) is 2.21. The zero-order chi connectivity index (χ0) is 13.5. The Bertz CT molecular complexity index is 461. The van der Waals surface area contributed by atoms with Gasteiger partial charge in [-0.25, -0.2) is 4.79 Å². The Hall–Kier alpha value is -1.72. The molecule has 0 aliphatic carbocycles. The maximum absolute atomic E-state index is 12.1. The Morgan fingerprint density at radius 3 is 2.83 bits per heavy atom. The number of fused-ring (bicyclic) bond motifs is 1. The number of nitrogens with two attached hydrogens (primary N) is 1. The second-order valence-electron chi connectivity index (χ2n) is 5.60. The van der Waals surface area contributed by atoms with Crippen molar-refractivity contribution in [2.75, 3.05) is 12.3 Å². The monoisotopic (exact) mass is 252 g/mol. The van der Waals surface area contributed by atoms with Crippen LogP contribution in [-0.2, 0) is 11.2 Å². The topological polar surface area (TPSA) is 84.2 Å². The number of aromatic nitrogens is 2. The molecule has 1 aliphatic rings. The van der Waals surface area contributed by atoms with Gasteiger partial charge in [0.25, 0.3) is 0 Å². The summed E-state index contributed by atoms with van der Waals surface area (Å²) in [6, 6.07) is -0.109.